The molecule has 0 unspecified atom stereocenters. The summed E-state index contributed by atoms with van der Waals surface area (Å²) in [5, 5.41) is 10.2. The number of hydrogen-bond acceptors (Lipinski definition) is 6. The Morgan fingerprint density at radius 2 is 2.14 bits per heavy atom. The standard InChI is InChI=1S/C14H15N3O4/c1-9-16-17-13(21-9)7-6-12(18)15-11-5-3-4-10(8-11)14(19)20-2/h3-5,8H,6-7H2,1-2H3,(H,15,18). The van der Waals surface area contributed by atoms with E-state index < -0.39 is 5.97 Å². The van der Waals surface area contributed by atoms with E-state index in [0.717, 1.165) is 0 Å². The molecule has 0 saturated heterocycles. The van der Waals surface area contributed by atoms with E-state index in [1.54, 1.807) is 31.2 Å². The Kier molecular flexibility index (Phi) is 4.65. The Bertz CT molecular complexity index is 651. The number of rotatable bonds is 5. The molecule has 1 aromatic carbocycles. The van der Waals surface area contributed by atoms with Gasteiger partial charge in [0.15, 0.2) is 0 Å². The minimum Gasteiger partial charge on any atom is -0.465 e. The predicted octanol–water partition coefficient (Wildman–Crippen LogP) is 1.74. The van der Waals surface area contributed by atoms with Crippen LogP contribution in [0.5, 0.6) is 0 Å². The lowest BCUT2D eigenvalue weighted by molar-refractivity contribution is -0.116. The number of methoxy groups -OCH3 is 1. The van der Waals surface area contributed by atoms with Crippen LogP contribution in [-0.2, 0) is 16.0 Å². The molecule has 0 atom stereocenters. The quantitative estimate of drug-likeness (QED) is 0.842. The molecule has 1 heterocycles. The maximum Gasteiger partial charge on any atom is 0.337 e. The van der Waals surface area contributed by atoms with Crippen LogP contribution in [0.25, 0.3) is 0 Å². The molecule has 2 aromatic rings. The average Bonchev–Trinajstić information content (AvgIpc) is 2.90. The van der Waals surface area contributed by atoms with Crippen molar-refractivity contribution >= 4 is 17.6 Å². The molecule has 0 bridgehead atoms. The molecule has 1 amide bonds. The van der Waals surface area contributed by atoms with Gasteiger partial charge in [-0.25, -0.2) is 4.79 Å². The number of aryl methyl sites for hydroxylation is 2. The fourth-order valence-corrected chi connectivity index (χ4v) is 1.72. The largest absolute Gasteiger partial charge is 0.465 e. The van der Waals surface area contributed by atoms with Crippen molar-refractivity contribution in [2.24, 2.45) is 0 Å². The van der Waals surface area contributed by atoms with Crippen LogP contribution >= 0.6 is 0 Å². The van der Waals surface area contributed by atoms with Crippen molar-refractivity contribution in [3.63, 3.8) is 0 Å². The number of nitrogens with one attached hydrogen (secondary N) is 1. The van der Waals surface area contributed by atoms with Gasteiger partial charge in [-0.2, -0.15) is 0 Å². The van der Waals surface area contributed by atoms with Gasteiger partial charge in [0, 0.05) is 25.5 Å². The highest BCUT2D eigenvalue weighted by atomic mass is 16.5. The topological polar surface area (TPSA) is 94.3 Å². The van der Waals surface area contributed by atoms with Crippen LogP contribution in [0.1, 0.15) is 28.6 Å². The lowest BCUT2D eigenvalue weighted by Gasteiger charge is -2.06. The maximum atomic E-state index is 11.8. The van der Waals surface area contributed by atoms with Gasteiger partial charge in [-0.1, -0.05) is 6.07 Å². The van der Waals surface area contributed by atoms with E-state index in [1.165, 1.54) is 7.11 Å². The van der Waals surface area contributed by atoms with Crippen molar-refractivity contribution in [2.75, 3.05) is 12.4 Å². The smallest absolute Gasteiger partial charge is 0.337 e. The first-order valence-corrected chi connectivity index (χ1v) is 6.35. The van der Waals surface area contributed by atoms with Gasteiger partial charge in [0.2, 0.25) is 17.7 Å². The van der Waals surface area contributed by atoms with Crippen LogP contribution in [-0.4, -0.2) is 29.2 Å². The molecule has 7 nitrogen and oxygen atoms in total. The molecular weight excluding hydrogens is 274 g/mol. The van der Waals surface area contributed by atoms with Crippen LogP contribution in [0.2, 0.25) is 0 Å². The number of carbonyl (C=O) groups is 2. The normalized spacial score (nSPS) is 10.2. The number of hydrogen-bond donors (Lipinski definition) is 1. The van der Waals surface area contributed by atoms with Crippen LogP contribution in [0.15, 0.2) is 28.7 Å². The Morgan fingerprint density at radius 1 is 1.33 bits per heavy atom. The van der Waals surface area contributed by atoms with Crippen molar-refractivity contribution in [2.45, 2.75) is 19.8 Å². The van der Waals surface area contributed by atoms with Crippen molar-refractivity contribution in [3.05, 3.63) is 41.6 Å². The molecule has 0 radical (unpaired) electrons. The maximum absolute atomic E-state index is 11.8. The molecule has 0 aliphatic carbocycles. The number of esters is 1. The van der Waals surface area contributed by atoms with Gasteiger partial charge in [0.1, 0.15) is 0 Å². The second kappa shape index (κ2) is 6.65. The Balaban J connectivity index is 1.91. The summed E-state index contributed by atoms with van der Waals surface area (Å²) < 4.78 is 9.81. The number of amides is 1. The highest BCUT2D eigenvalue weighted by Gasteiger charge is 2.09. The first-order chi connectivity index (χ1) is 10.1. The van der Waals surface area contributed by atoms with Gasteiger partial charge < -0.3 is 14.5 Å². The number of anilines is 1. The van der Waals surface area contributed by atoms with Gasteiger partial charge >= 0.3 is 5.97 Å². The Labute approximate surface area is 121 Å². The fraction of sp³-hybridized carbons (Fsp3) is 0.286. The molecule has 0 saturated carbocycles. The van der Waals surface area contributed by atoms with Gasteiger partial charge in [0.05, 0.1) is 12.7 Å². The van der Waals surface area contributed by atoms with Crippen molar-refractivity contribution in [1.82, 2.24) is 10.2 Å². The number of carbonyl (C=O) groups excluding carboxylic acids is 2. The van der Waals surface area contributed by atoms with Gasteiger partial charge in [-0.05, 0) is 18.2 Å². The zero-order valence-electron chi connectivity index (χ0n) is 11.8. The molecule has 1 N–H and O–H groups in total. The highest BCUT2D eigenvalue weighted by molar-refractivity contribution is 5.94. The molecule has 110 valence electrons. The molecule has 2 rings (SSSR count). The van der Waals surface area contributed by atoms with Crippen LogP contribution in [0.3, 0.4) is 0 Å². The second-order valence-electron chi connectivity index (χ2n) is 4.34. The number of ether oxygens (including phenoxy) is 1. The van der Waals surface area contributed by atoms with Crippen molar-refractivity contribution in [3.8, 4) is 0 Å². The van der Waals surface area contributed by atoms with Crippen molar-refractivity contribution in [1.29, 1.82) is 0 Å². The third-order valence-corrected chi connectivity index (χ3v) is 2.70. The monoisotopic (exact) mass is 289 g/mol. The number of aromatic nitrogens is 2. The summed E-state index contributed by atoms with van der Waals surface area (Å²) in [6.07, 6.45) is 0.577. The average molecular weight is 289 g/mol. The van der Waals surface area contributed by atoms with Gasteiger partial charge in [-0.15, -0.1) is 10.2 Å². The van der Waals surface area contributed by atoms with E-state index in [9.17, 15) is 9.59 Å². The minimum absolute atomic E-state index is 0.201. The summed E-state index contributed by atoms with van der Waals surface area (Å²) in [6, 6.07) is 6.54. The van der Waals surface area contributed by atoms with E-state index >= 15 is 0 Å². The summed E-state index contributed by atoms with van der Waals surface area (Å²) in [7, 11) is 1.31. The summed E-state index contributed by atoms with van der Waals surface area (Å²) in [4.78, 5) is 23.2. The van der Waals surface area contributed by atoms with E-state index in [4.69, 9.17) is 4.42 Å². The zero-order chi connectivity index (χ0) is 15.2. The van der Waals surface area contributed by atoms with Gasteiger partial charge in [0.25, 0.3) is 0 Å². The second-order valence-corrected chi connectivity index (χ2v) is 4.34. The first kappa shape index (κ1) is 14.7. The third-order valence-electron chi connectivity index (χ3n) is 2.70. The molecule has 21 heavy (non-hydrogen) atoms. The Hall–Kier alpha value is -2.70. The van der Waals surface area contributed by atoms with E-state index in [2.05, 4.69) is 20.3 Å². The summed E-state index contributed by atoms with van der Waals surface area (Å²) in [5.41, 5.74) is 0.910. The van der Waals surface area contributed by atoms with E-state index in [0.29, 0.717) is 29.5 Å². The van der Waals surface area contributed by atoms with Crippen molar-refractivity contribution < 1.29 is 18.7 Å². The van der Waals surface area contributed by atoms with E-state index in [-0.39, 0.29) is 12.3 Å². The van der Waals surface area contributed by atoms with Crippen LogP contribution < -0.4 is 5.32 Å². The van der Waals surface area contributed by atoms with Crippen LogP contribution in [0.4, 0.5) is 5.69 Å². The zero-order valence-corrected chi connectivity index (χ0v) is 11.8. The molecule has 1 aromatic heterocycles. The molecule has 0 fully saturated rings. The van der Waals surface area contributed by atoms with E-state index in [1.807, 2.05) is 0 Å². The molecule has 7 heteroatoms. The fourth-order valence-electron chi connectivity index (χ4n) is 1.72. The Morgan fingerprint density at radius 3 is 2.81 bits per heavy atom. The highest BCUT2D eigenvalue weighted by Crippen LogP contribution is 2.12. The number of benzene rings is 1. The third kappa shape index (κ3) is 4.13. The van der Waals surface area contributed by atoms with Crippen LogP contribution in [0, 0.1) is 6.92 Å². The SMILES string of the molecule is COC(=O)c1cccc(NC(=O)CCc2nnc(C)o2)c1. The summed E-state index contributed by atoms with van der Waals surface area (Å²) in [6.45, 7) is 1.69. The lowest BCUT2D eigenvalue weighted by atomic mass is 10.2. The minimum atomic E-state index is -0.451. The summed E-state index contributed by atoms with van der Waals surface area (Å²) in [5.74, 6) is 0.238. The lowest BCUT2D eigenvalue weighted by Crippen LogP contribution is -2.13. The summed E-state index contributed by atoms with van der Waals surface area (Å²) >= 11 is 0. The molecule has 0 aliphatic heterocycles. The number of nitrogens with zero attached hydrogens (tertiary/aromatic N) is 2. The molecule has 0 aliphatic rings. The first-order valence-electron chi connectivity index (χ1n) is 6.35. The molecular formula is C14H15N3O4. The van der Waals surface area contributed by atoms with Gasteiger partial charge in [-0.3, -0.25) is 4.79 Å². The molecule has 0 spiro atoms. The predicted molar refractivity (Wildman–Crippen MR) is 73.8 cm³/mol.